The van der Waals surface area contributed by atoms with Gasteiger partial charge < -0.3 is 36.8 Å². The molecule has 1 aliphatic carbocycles. The number of nitrogens with one attached hydrogen (secondary N) is 5. The Kier molecular flexibility index (Phi) is 24.6. The normalized spacial score (nSPS) is 18.1. The van der Waals surface area contributed by atoms with Crippen LogP contribution in [0.4, 0.5) is 0 Å². The first-order chi connectivity index (χ1) is 26.4. The number of allylic oxidation sites excluding steroid dienone is 2. The molecule has 0 bridgehead atoms. The molecule has 55 heavy (non-hydrogen) atoms. The average molecular weight is 791 g/mol. The van der Waals surface area contributed by atoms with Crippen molar-refractivity contribution >= 4 is 47.9 Å². The van der Waals surface area contributed by atoms with Gasteiger partial charge in [0.2, 0.25) is 23.6 Å². The van der Waals surface area contributed by atoms with Gasteiger partial charge in [-0.1, -0.05) is 65.4 Å². The van der Waals surface area contributed by atoms with Crippen LogP contribution < -0.4 is 26.6 Å². The van der Waals surface area contributed by atoms with Gasteiger partial charge in [-0.05, 0) is 87.9 Å². The van der Waals surface area contributed by atoms with Crippen LogP contribution in [0.15, 0.2) is 28.4 Å². The molecule has 312 valence electrons. The molecule has 0 aromatic heterocycles. The zero-order valence-corrected chi connectivity index (χ0v) is 34.5. The molecule has 1 aliphatic heterocycles. The summed E-state index contributed by atoms with van der Waals surface area (Å²) in [5.74, 6) is -1.17. The van der Waals surface area contributed by atoms with E-state index in [1.807, 2.05) is 6.20 Å². The number of fused-ring (bicyclic) bond motifs is 1. The second-order valence-electron chi connectivity index (χ2n) is 15.2. The summed E-state index contributed by atoms with van der Waals surface area (Å²) in [7, 11) is 0. The molecule has 2 rings (SSSR count). The highest BCUT2D eigenvalue weighted by molar-refractivity contribution is 7.80. The van der Waals surface area contributed by atoms with Crippen molar-refractivity contribution in [3.05, 3.63) is 23.4 Å². The molecular weight excluding hydrogens is 721 g/mol. The number of aliphatic carboxylic acids is 1. The molecule has 14 heteroatoms. The van der Waals surface area contributed by atoms with Crippen molar-refractivity contribution in [1.82, 2.24) is 26.6 Å². The topological polar surface area (TPSA) is 198 Å². The molecule has 13 nitrogen and oxygen atoms in total. The van der Waals surface area contributed by atoms with Crippen LogP contribution in [-0.2, 0) is 24.0 Å². The molecule has 5 atom stereocenters. The van der Waals surface area contributed by atoms with Crippen molar-refractivity contribution < 1.29 is 34.2 Å². The maximum atomic E-state index is 13.5. The van der Waals surface area contributed by atoms with Crippen molar-refractivity contribution in [2.45, 2.75) is 160 Å². The summed E-state index contributed by atoms with van der Waals surface area (Å²) in [5, 5.41) is 33.8. The van der Waals surface area contributed by atoms with Gasteiger partial charge >= 0.3 is 5.97 Å². The van der Waals surface area contributed by atoms with Gasteiger partial charge in [-0.25, -0.2) is 0 Å². The summed E-state index contributed by atoms with van der Waals surface area (Å²) in [5.41, 5.74) is 2.13. The van der Waals surface area contributed by atoms with Crippen LogP contribution in [0, 0.1) is 11.8 Å². The van der Waals surface area contributed by atoms with Crippen LogP contribution in [0.3, 0.4) is 0 Å². The van der Waals surface area contributed by atoms with Gasteiger partial charge in [0, 0.05) is 56.6 Å². The Balaban J connectivity index is 1.81. The highest BCUT2D eigenvalue weighted by Gasteiger charge is 2.30. The van der Waals surface area contributed by atoms with Gasteiger partial charge in [0.15, 0.2) is 0 Å². The number of hydrogen-bond donors (Lipinski definition) is 8. The van der Waals surface area contributed by atoms with Gasteiger partial charge in [-0.3, -0.25) is 29.0 Å². The first-order valence-corrected chi connectivity index (χ1v) is 21.3. The lowest BCUT2D eigenvalue weighted by molar-refractivity contribution is -0.137. The molecule has 1 heterocycles. The monoisotopic (exact) mass is 791 g/mol. The second kappa shape index (κ2) is 28.2. The first-order valence-electron chi connectivity index (χ1n) is 20.8. The van der Waals surface area contributed by atoms with Crippen molar-refractivity contribution in [1.29, 1.82) is 0 Å². The summed E-state index contributed by atoms with van der Waals surface area (Å²) in [6, 6.07) is -1.48. The van der Waals surface area contributed by atoms with Gasteiger partial charge in [-0.2, -0.15) is 0 Å². The van der Waals surface area contributed by atoms with E-state index >= 15 is 0 Å². The van der Waals surface area contributed by atoms with E-state index in [4.69, 9.17) is 10.1 Å². The number of carbonyl (C=O) groups excluding carboxylic acids is 4. The van der Waals surface area contributed by atoms with Gasteiger partial charge in [0.1, 0.15) is 11.5 Å². The van der Waals surface area contributed by atoms with E-state index in [0.29, 0.717) is 51.1 Å². The number of aliphatic hydroxyl groups is 1. The largest absolute Gasteiger partial charge is 0.481 e. The maximum Gasteiger partial charge on any atom is 0.303 e. The minimum Gasteiger partial charge on any atom is -0.481 e. The number of carbonyl (C=O) groups is 5. The Morgan fingerprint density at radius 2 is 1.45 bits per heavy atom. The van der Waals surface area contributed by atoms with Gasteiger partial charge in [-0.15, -0.1) is 12.6 Å². The zero-order chi connectivity index (χ0) is 40.4. The number of hydrogen-bond acceptors (Lipinski definition) is 9. The molecule has 0 saturated heterocycles. The van der Waals surface area contributed by atoms with Crippen LogP contribution in [0.2, 0.25) is 0 Å². The number of carboxylic acids is 1. The molecule has 5 unspecified atom stereocenters. The molecule has 4 amide bonds. The van der Waals surface area contributed by atoms with E-state index in [-0.39, 0.29) is 61.8 Å². The van der Waals surface area contributed by atoms with Crippen LogP contribution in [0.5, 0.6) is 0 Å². The smallest absolute Gasteiger partial charge is 0.303 e. The Hall–Kier alpha value is -3.23. The number of unbranched alkanes of at least 4 members (excludes halogenated alkanes) is 6. The molecule has 0 saturated carbocycles. The van der Waals surface area contributed by atoms with Crippen LogP contribution in [0.25, 0.3) is 0 Å². The van der Waals surface area contributed by atoms with Crippen LogP contribution in [-0.4, -0.2) is 89.2 Å². The number of amides is 4. The minimum absolute atomic E-state index is 0.0201. The van der Waals surface area contributed by atoms with E-state index in [2.05, 4.69) is 66.1 Å². The third-order valence-corrected chi connectivity index (χ3v) is 10.6. The predicted molar refractivity (Wildman–Crippen MR) is 221 cm³/mol. The van der Waals surface area contributed by atoms with E-state index < -0.39 is 23.5 Å². The summed E-state index contributed by atoms with van der Waals surface area (Å²) >= 11 is 4.08. The molecule has 0 aromatic rings. The maximum absolute atomic E-state index is 13.5. The van der Waals surface area contributed by atoms with Gasteiger partial charge in [0.05, 0.1) is 6.04 Å². The lowest BCUT2D eigenvalue weighted by Gasteiger charge is -2.31. The fourth-order valence-electron chi connectivity index (χ4n) is 6.85. The SMILES string of the molecule is CCCCCCCCCC(=O)NCCCNCCCC(=O)NC(CC1=CN=C2CC(C)CC=C2C1C)C(=O)NCCCC(NC(=O)CCCC(=O)O)C(O)S. The number of thiol groups is 1. The molecular formula is C41H70N6O7S. The fraction of sp³-hybridized carbons (Fsp3) is 0.756. The molecule has 0 radical (unpaired) electrons. The third kappa shape index (κ3) is 21.0. The average Bonchev–Trinajstić information content (AvgIpc) is 3.13. The summed E-state index contributed by atoms with van der Waals surface area (Å²) in [6.07, 6.45) is 17.7. The van der Waals surface area contributed by atoms with Crippen LogP contribution >= 0.6 is 12.6 Å². The Bertz CT molecular complexity index is 1300. The standard InChI is InChI=1S/C41H70N6O7S/c1-4-5-6-7-8-9-10-16-36(48)43-25-14-23-42-22-13-18-38(50)47-35(27-31-28-45-34-26-29(2)20-21-32(34)30(31)3)40(53)44-24-12-15-33(41(54)55)46-37(49)17-11-19-39(51)52/h21,28-30,33,35,41-42,54-55H,4-20,22-27H2,1-3H3,(H,43,48)(H,44,53)(H,46,49)(H,47,50)(H,51,52). The lowest BCUT2D eigenvalue weighted by Crippen LogP contribution is -2.48. The summed E-state index contributed by atoms with van der Waals surface area (Å²) < 4.78 is 0. The quantitative estimate of drug-likeness (QED) is 0.0280. The Morgan fingerprint density at radius 1 is 0.800 bits per heavy atom. The molecule has 2 aliphatic rings. The molecule has 0 spiro atoms. The molecule has 0 aromatic carbocycles. The summed E-state index contributed by atoms with van der Waals surface area (Å²) in [6.45, 7) is 8.77. The van der Waals surface area contributed by atoms with Gasteiger partial charge in [0.25, 0.3) is 0 Å². The molecule has 0 fully saturated rings. The first kappa shape index (κ1) is 47.9. The number of rotatable bonds is 30. The van der Waals surface area contributed by atoms with E-state index in [1.165, 1.54) is 37.7 Å². The number of aliphatic hydroxyl groups excluding tert-OH is 1. The predicted octanol–water partition coefficient (Wildman–Crippen LogP) is 5.09. The van der Waals surface area contributed by atoms with E-state index in [9.17, 15) is 29.1 Å². The van der Waals surface area contributed by atoms with E-state index in [0.717, 1.165) is 49.9 Å². The molecule has 7 N–H and O–H groups in total. The number of aliphatic imine (C=N–C) groups is 1. The van der Waals surface area contributed by atoms with Crippen molar-refractivity contribution in [3.8, 4) is 0 Å². The third-order valence-electron chi connectivity index (χ3n) is 10.2. The van der Waals surface area contributed by atoms with Crippen molar-refractivity contribution in [3.63, 3.8) is 0 Å². The zero-order valence-electron chi connectivity index (χ0n) is 33.6. The summed E-state index contributed by atoms with van der Waals surface area (Å²) in [4.78, 5) is 66.4. The van der Waals surface area contributed by atoms with Crippen molar-refractivity contribution in [2.75, 3.05) is 26.2 Å². The second-order valence-corrected chi connectivity index (χ2v) is 15.8. The fourth-order valence-corrected chi connectivity index (χ4v) is 7.07. The van der Waals surface area contributed by atoms with Crippen LogP contribution in [0.1, 0.15) is 143 Å². The lowest BCUT2D eigenvalue weighted by atomic mass is 9.78. The van der Waals surface area contributed by atoms with E-state index in [1.54, 1.807) is 0 Å². The Labute approximate surface area is 334 Å². The highest BCUT2D eigenvalue weighted by atomic mass is 32.1. The Morgan fingerprint density at radius 3 is 2.18 bits per heavy atom. The number of carboxylic acid groups (broad SMARTS) is 1. The highest BCUT2D eigenvalue weighted by Crippen LogP contribution is 2.35. The minimum atomic E-state index is -1.13. The number of nitrogens with zero attached hydrogens (tertiary/aromatic N) is 1. The van der Waals surface area contributed by atoms with Crippen molar-refractivity contribution in [2.24, 2.45) is 16.8 Å².